The number of hydrogen-bond donors (Lipinski definition) is 1. The summed E-state index contributed by atoms with van der Waals surface area (Å²) in [4.78, 5) is 2.70. The van der Waals surface area contributed by atoms with Crippen molar-refractivity contribution in [1.82, 2.24) is 10.2 Å². The molecular weight excluding hydrogens is 196 g/mol. The summed E-state index contributed by atoms with van der Waals surface area (Å²) in [6.07, 6.45) is 7.04. The fraction of sp³-hybridized carbons (Fsp3) is 1.00. The Morgan fingerprint density at radius 3 is 2.25 bits per heavy atom. The molecule has 0 spiro atoms. The van der Waals surface area contributed by atoms with E-state index in [4.69, 9.17) is 0 Å². The first kappa shape index (κ1) is 12.4. The monoisotopic (exact) mass is 224 g/mol. The van der Waals surface area contributed by atoms with Crippen LogP contribution in [-0.4, -0.2) is 37.1 Å². The second kappa shape index (κ2) is 5.50. The lowest BCUT2D eigenvalue weighted by Crippen LogP contribution is -2.53. The van der Waals surface area contributed by atoms with Crippen molar-refractivity contribution in [3.05, 3.63) is 0 Å². The van der Waals surface area contributed by atoms with Crippen LogP contribution in [0.1, 0.15) is 46.0 Å². The largest absolute Gasteiger partial charge is 0.315 e. The minimum atomic E-state index is 0.779. The minimum Gasteiger partial charge on any atom is -0.315 e. The Hall–Kier alpha value is -0.0800. The number of likely N-dealkylation sites (N-methyl/N-ethyl adjacent to an activating group) is 1. The van der Waals surface area contributed by atoms with Gasteiger partial charge in [-0.3, -0.25) is 4.90 Å². The highest BCUT2D eigenvalue weighted by molar-refractivity contribution is 4.89. The molecule has 0 aromatic heterocycles. The molecule has 1 saturated carbocycles. The summed E-state index contributed by atoms with van der Waals surface area (Å²) in [5.74, 6) is 1.77. The Morgan fingerprint density at radius 1 is 1.00 bits per heavy atom. The van der Waals surface area contributed by atoms with E-state index >= 15 is 0 Å². The maximum absolute atomic E-state index is 3.54. The van der Waals surface area contributed by atoms with Crippen LogP contribution >= 0.6 is 0 Å². The summed E-state index contributed by atoms with van der Waals surface area (Å²) in [7, 11) is 2.36. The van der Waals surface area contributed by atoms with Crippen molar-refractivity contribution in [2.75, 3.05) is 20.1 Å². The third kappa shape index (κ3) is 2.60. The predicted octanol–water partition coefficient (Wildman–Crippen LogP) is 2.49. The SMILES string of the molecule is CC1CCCC(C)C1N(C)C1CCCNC1. The molecule has 2 nitrogen and oxygen atoms in total. The zero-order valence-corrected chi connectivity index (χ0v) is 11.2. The lowest BCUT2D eigenvalue weighted by atomic mass is 9.77. The molecule has 1 aliphatic heterocycles. The summed E-state index contributed by atoms with van der Waals surface area (Å²) in [5, 5.41) is 3.54. The standard InChI is InChI=1S/C14H28N2/c1-11-6-4-7-12(2)14(11)16(3)13-8-5-9-15-10-13/h11-15H,4-10H2,1-3H3. The first-order valence-electron chi connectivity index (χ1n) is 7.13. The smallest absolute Gasteiger partial charge is 0.0221 e. The van der Waals surface area contributed by atoms with Crippen LogP contribution < -0.4 is 5.32 Å². The zero-order chi connectivity index (χ0) is 11.5. The fourth-order valence-electron chi connectivity index (χ4n) is 3.89. The van der Waals surface area contributed by atoms with Crippen LogP contribution in [-0.2, 0) is 0 Å². The zero-order valence-electron chi connectivity index (χ0n) is 11.2. The average Bonchev–Trinajstić information content (AvgIpc) is 2.30. The summed E-state index contributed by atoms with van der Waals surface area (Å²) in [6.45, 7) is 7.33. The van der Waals surface area contributed by atoms with Crippen LogP contribution in [0, 0.1) is 11.8 Å². The van der Waals surface area contributed by atoms with Crippen LogP contribution in [0.15, 0.2) is 0 Å². The lowest BCUT2D eigenvalue weighted by molar-refractivity contribution is 0.0479. The molecule has 1 saturated heterocycles. The summed E-state index contributed by atoms with van der Waals surface area (Å²) < 4.78 is 0. The van der Waals surface area contributed by atoms with Crippen molar-refractivity contribution >= 4 is 0 Å². The van der Waals surface area contributed by atoms with E-state index in [0.29, 0.717) is 0 Å². The van der Waals surface area contributed by atoms with Gasteiger partial charge in [-0.1, -0.05) is 20.3 Å². The first-order chi connectivity index (χ1) is 7.70. The molecule has 0 bridgehead atoms. The molecule has 0 radical (unpaired) electrons. The third-order valence-corrected chi connectivity index (χ3v) is 4.80. The van der Waals surface area contributed by atoms with Gasteiger partial charge in [0.05, 0.1) is 0 Å². The topological polar surface area (TPSA) is 15.3 Å². The Balaban J connectivity index is 1.97. The molecule has 3 unspecified atom stereocenters. The quantitative estimate of drug-likeness (QED) is 0.775. The van der Waals surface area contributed by atoms with Gasteiger partial charge in [0.1, 0.15) is 0 Å². The van der Waals surface area contributed by atoms with Gasteiger partial charge in [-0.25, -0.2) is 0 Å². The van der Waals surface area contributed by atoms with Crippen LogP contribution in [0.2, 0.25) is 0 Å². The average molecular weight is 224 g/mol. The molecular formula is C14H28N2. The molecule has 3 atom stereocenters. The molecule has 2 heteroatoms. The third-order valence-electron chi connectivity index (χ3n) is 4.80. The summed E-state index contributed by atoms with van der Waals surface area (Å²) in [5.41, 5.74) is 0. The Bertz CT molecular complexity index is 201. The van der Waals surface area contributed by atoms with E-state index in [1.54, 1.807) is 0 Å². The van der Waals surface area contributed by atoms with E-state index in [1.165, 1.54) is 45.2 Å². The van der Waals surface area contributed by atoms with Gasteiger partial charge in [-0.05, 0) is 51.1 Å². The highest BCUT2D eigenvalue weighted by Gasteiger charge is 2.34. The highest BCUT2D eigenvalue weighted by atomic mass is 15.2. The maximum atomic E-state index is 3.54. The van der Waals surface area contributed by atoms with Crippen molar-refractivity contribution in [3.63, 3.8) is 0 Å². The van der Waals surface area contributed by atoms with E-state index < -0.39 is 0 Å². The molecule has 1 heterocycles. The number of nitrogens with zero attached hydrogens (tertiary/aromatic N) is 1. The van der Waals surface area contributed by atoms with Gasteiger partial charge in [0, 0.05) is 18.6 Å². The van der Waals surface area contributed by atoms with Gasteiger partial charge >= 0.3 is 0 Å². The van der Waals surface area contributed by atoms with Crippen molar-refractivity contribution in [1.29, 1.82) is 0 Å². The molecule has 2 aliphatic rings. The highest BCUT2D eigenvalue weighted by Crippen LogP contribution is 2.33. The van der Waals surface area contributed by atoms with Gasteiger partial charge in [0.15, 0.2) is 0 Å². The molecule has 0 aromatic carbocycles. The van der Waals surface area contributed by atoms with Gasteiger partial charge in [-0.15, -0.1) is 0 Å². The number of hydrogen-bond acceptors (Lipinski definition) is 2. The van der Waals surface area contributed by atoms with E-state index in [1.807, 2.05) is 0 Å². The summed E-state index contributed by atoms with van der Waals surface area (Å²) in [6, 6.07) is 1.60. The summed E-state index contributed by atoms with van der Waals surface area (Å²) >= 11 is 0. The normalized spacial score (nSPS) is 41.2. The second-order valence-corrected chi connectivity index (χ2v) is 6.04. The van der Waals surface area contributed by atoms with Gasteiger partial charge in [0.2, 0.25) is 0 Å². The number of nitrogens with one attached hydrogen (secondary N) is 1. The molecule has 94 valence electrons. The van der Waals surface area contributed by atoms with E-state index in [2.05, 4.69) is 31.1 Å². The predicted molar refractivity (Wildman–Crippen MR) is 69.6 cm³/mol. The van der Waals surface area contributed by atoms with Crippen molar-refractivity contribution in [2.45, 2.75) is 58.0 Å². The van der Waals surface area contributed by atoms with Crippen LogP contribution in [0.3, 0.4) is 0 Å². The Labute approximate surface area is 101 Å². The molecule has 1 N–H and O–H groups in total. The molecule has 2 rings (SSSR count). The fourth-order valence-corrected chi connectivity index (χ4v) is 3.89. The van der Waals surface area contributed by atoms with E-state index in [-0.39, 0.29) is 0 Å². The van der Waals surface area contributed by atoms with Gasteiger partial charge in [0.25, 0.3) is 0 Å². The van der Waals surface area contributed by atoms with Crippen LogP contribution in [0.5, 0.6) is 0 Å². The van der Waals surface area contributed by atoms with Crippen LogP contribution in [0.4, 0.5) is 0 Å². The molecule has 0 aromatic rings. The maximum Gasteiger partial charge on any atom is 0.0221 e. The molecule has 0 amide bonds. The molecule has 16 heavy (non-hydrogen) atoms. The second-order valence-electron chi connectivity index (χ2n) is 6.04. The lowest BCUT2D eigenvalue weighted by Gasteiger charge is -2.45. The van der Waals surface area contributed by atoms with Crippen LogP contribution in [0.25, 0.3) is 0 Å². The Morgan fingerprint density at radius 2 is 1.69 bits per heavy atom. The molecule has 2 fully saturated rings. The number of rotatable bonds is 2. The number of piperidine rings is 1. The van der Waals surface area contributed by atoms with E-state index in [9.17, 15) is 0 Å². The minimum absolute atomic E-state index is 0.779. The van der Waals surface area contributed by atoms with Gasteiger partial charge < -0.3 is 5.32 Å². The Kier molecular flexibility index (Phi) is 4.26. The van der Waals surface area contributed by atoms with E-state index in [0.717, 1.165) is 23.9 Å². The van der Waals surface area contributed by atoms with Crippen molar-refractivity contribution in [3.8, 4) is 0 Å². The molecule has 1 aliphatic carbocycles. The van der Waals surface area contributed by atoms with Crippen molar-refractivity contribution in [2.24, 2.45) is 11.8 Å². The van der Waals surface area contributed by atoms with Gasteiger partial charge in [-0.2, -0.15) is 0 Å². The first-order valence-corrected chi connectivity index (χ1v) is 7.13. The van der Waals surface area contributed by atoms with Crippen molar-refractivity contribution < 1.29 is 0 Å².